The maximum atomic E-state index is 13.2. The third-order valence-electron chi connectivity index (χ3n) is 9.67. The van der Waals surface area contributed by atoms with Crippen LogP contribution < -0.4 is 20.3 Å². The molecule has 0 aliphatic rings. The Hall–Kier alpha value is -3.84. The summed E-state index contributed by atoms with van der Waals surface area (Å²) >= 11 is 0. The van der Waals surface area contributed by atoms with Crippen molar-refractivity contribution in [3.63, 3.8) is 0 Å². The normalized spacial score (nSPS) is 13.1. The molecule has 0 amide bonds. The Morgan fingerprint density at radius 1 is 1.00 bits per heavy atom. The van der Waals surface area contributed by atoms with Gasteiger partial charge in [0, 0.05) is 71.5 Å². The summed E-state index contributed by atoms with van der Waals surface area (Å²) in [5.41, 5.74) is 1.73. The Morgan fingerprint density at radius 3 is 2.41 bits per heavy atom. The molecule has 4 heterocycles. The second-order valence-electron chi connectivity index (χ2n) is 16.8. The molecule has 0 bridgehead atoms. The van der Waals surface area contributed by atoms with Crippen molar-refractivity contribution < 1.29 is 18.6 Å². The van der Waals surface area contributed by atoms with E-state index in [-0.39, 0.29) is 23.4 Å². The lowest BCUT2D eigenvalue weighted by atomic mass is 10.1. The Labute approximate surface area is 323 Å². The van der Waals surface area contributed by atoms with Gasteiger partial charge < -0.3 is 28.9 Å². The number of rotatable bonds is 20. The van der Waals surface area contributed by atoms with Crippen LogP contribution in [0.25, 0.3) is 22.5 Å². The third-order valence-corrected chi connectivity index (χ3v) is 15.9. The first-order chi connectivity index (χ1) is 25.3. The molecule has 1 unspecified atom stereocenters. The molecule has 0 fully saturated rings. The van der Waals surface area contributed by atoms with Crippen molar-refractivity contribution in [2.24, 2.45) is 7.05 Å². The summed E-state index contributed by atoms with van der Waals surface area (Å²) in [5.74, 6) is 2.58. The van der Waals surface area contributed by atoms with Gasteiger partial charge in [0.1, 0.15) is 29.7 Å². The van der Waals surface area contributed by atoms with Gasteiger partial charge in [0.2, 0.25) is 5.88 Å². The molecule has 0 aliphatic carbocycles. The van der Waals surface area contributed by atoms with Gasteiger partial charge in [-0.1, -0.05) is 40.4 Å². The monoisotopic (exact) mass is 781 g/mol. The van der Waals surface area contributed by atoms with E-state index >= 15 is 0 Å². The fraction of sp³-hybridized carbons (Fsp3) is 0.605. The quantitative estimate of drug-likeness (QED) is 0.0727. The predicted molar refractivity (Wildman–Crippen MR) is 221 cm³/mol. The molecule has 14 nitrogen and oxygen atoms in total. The fourth-order valence-electron chi connectivity index (χ4n) is 5.16. The minimum Gasteiger partial charge on any atom is -0.490 e. The average Bonchev–Trinajstić information content (AvgIpc) is 3.60. The van der Waals surface area contributed by atoms with E-state index in [1.807, 2.05) is 38.0 Å². The molecule has 4 rings (SSSR count). The Balaban J connectivity index is 1.62. The van der Waals surface area contributed by atoms with E-state index < -0.39 is 16.4 Å². The fourth-order valence-corrected chi connectivity index (χ4v) is 6.98. The van der Waals surface area contributed by atoms with Crippen LogP contribution in [-0.4, -0.2) is 102 Å². The van der Waals surface area contributed by atoms with Gasteiger partial charge in [0.15, 0.2) is 14.1 Å². The van der Waals surface area contributed by atoms with Gasteiger partial charge in [0.25, 0.3) is 5.56 Å². The van der Waals surface area contributed by atoms with E-state index in [0.29, 0.717) is 67.4 Å². The average molecular weight is 782 g/mol. The van der Waals surface area contributed by atoms with Crippen LogP contribution in [0.15, 0.2) is 41.7 Å². The predicted octanol–water partition coefficient (Wildman–Crippen LogP) is 7.10. The molecule has 0 saturated carbocycles. The number of hydrogen-bond acceptors (Lipinski definition) is 11. The van der Waals surface area contributed by atoms with Crippen molar-refractivity contribution in [2.75, 3.05) is 45.8 Å². The summed E-state index contributed by atoms with van der Waals surface area (Å²) in [7, 11) is 2.65. The maximum absolute atomic E-state index is 13.2. The lowest BCUT2D eigenvalue weighted by Gasteiger charge is -2.36. The van der Waals surface area contributed by atoms with Gasteiger partial charge in [-0.05, 0) is 58.2 Å². The molecule has 0 spiro atoms. The van der Waals surface area contributed by atoms with Crippen molar-refractivity contribution in [1.82, 2.24) is 39.0 Å². The largest absolute Gasteiger partial charge is 0.490 e. The Bertz CT molecular complexity index is 1880. The first-order valence-corrected chi connectivity index (χ1v) is 25.5. The lowest BCUT2D eigenvalue weighted by molar-refractivity contribution is 0.0703. The zero-order valence-electron chi connectivity index (χ0n) is 34.8. The van der Waals surface area contributed by atoms with Gasteiger partial charge >= 0.3 is 0 Å². The second-order valence-corrected chi connectivity index (χ2v) is 27.2. The van der Waals surface area contributed by atoms with Crippen LogP contribution in [0.4, 0.5) is 11.6 Å². The molecule has 298 valence electrons. The van der Waals surface area contributed by atoms with Crippen LogP contribution in [0.2, 0.25) is 43.8 Å². The highest BCUT2D eigenvalue weighted by atomic mass is 28.4. The van der Waals surface area contributed by atoms with E-state index in [9.17, 15) is 4.79 Å². The van der Waals surface area contributed by atoms with Gasteiger partial charge in [-0.3, -0.25) is 14.2 Å². The number of anilines is 2. The van der Waals surface area contributed by atoms with E-state index in [1.54, 1.807) is 36.4 Å². The number of pyridine rings is 1. The van der Waals surface area contributed by atoms with E-state index in [1.165, 1.54) is 4.68 Å². The summed E-state index contributed by atoms with van der Waals surface area (Å²) in [6.07, 6.45) is 7.49. The van der Waals surface area contributed by atoms with Crippen LogP contribution >= 0.6 is 0 Å². The second kappa shape index (κ2) is 18.2. The SMILES string of the molecule is CCOc1c(-c2cnc(Nc3ccnc(-c4cn(COCC[Si](C)(C)C)n(C)c4=O)n3)cc2OC(C)CCO[Si](C)(C)C(C)(C)C)cnn1CCN(C)C. The topological polar surface area (TPSA) is 136 Å². The zero-order valence-corrected chi connectivity index (χ0v) is 36.8. The number of nitrogens with zero attached hydrogens (tertiary/aromatic N) is 8. The van der Waals surface area contributed by atoms with Gasteiger partial charge in [-0.2, -0.15) is 5.10 Å². The van der Waals surface area contributed by atoms with Gasteiger partial charge in [-0.15, -0.1) is 0 Å². The molecular formula is C38H63N9O5Si2. The minimum atomic E-state index is -1.90. The number of aromatic nitrogens is 7. The molecule has 54 heavy (non-hydrogen) atoms. The molecular weight excluding hydrogens is 719 g/mol. The highest BCUT2D eigenvalue weighted by molar-refractivity contribution is 6.76. The van der Waals surface area contributed by atoms with Crippen LogP contribution in [-0.2, 0) is 29.5 Å². The van der Waals surface area contributed by atoms with Crippen LogP contribution in [0.1, 0.15) is 41.0 Å². The van der Waals surface area contributed by atoms with Crippen molar-refractivity contribution in [3.05, 3.63) is 47.3 Å². The van der Waals surface area contributed by atoms with Crippen molar-refractivity contribution in [3.8, 4) is 34.1 Å². The van der Waals surface area contributed by atoms with E-state index in [2.05, 4.69) is 80.7 Å². The molecule has 0 saturated heterocycles. The highest BCUT2D eigenvalue weighted by Gasteiger charge is 2.37. The molecule has 4 aromatic rings. The summed E-state index contributed by atoms with van der Waals surface area (Å²) in [6.45, 7) is 25.7. The molecule has 0 radical (unpaired) electrons. The highest BCUT2D eigenvalue weighted by Crippen LogP contribution is 2.39. The van der Waals surface area contributed by atoms with Gasteiger partial charge in [0.05, 0.1) is 31.0 Å². The lowest BCUT2D eigenvalue weighted by Crippen LogP contribution is -2.41. The van der Waals surface area contributed by atoms with E-state index in [4.69, 9.17) is 28.6 Å². The molecule has 0 aliphatic heterocycles. The summed E-state index contributed by atoms with van der Waals surface area (Å²) in [5, 5.41) is 8.10. The standard InChI is InChI=1S/C38H63N9O5Si2/c1-14-50-37-30(25-41-47(37)19-18-44(6)7)29-24-40-34(23-32(29)52-28(2)16-20-51-54(12,13)38(3,4)5)42-33-15-17-39-35(43-33)31-26-46(45(8)36(31)48)27-49-21-22-53(9,10)11/h15,17,23-26,28H,14,16,18-22,27H2,1-13H3,(H,39,40,42,43). The molecule has 1 N–H and O–H groups in total. The summed E-state index contributed by atoms with van der Waals surface area (Å²) < 4.78 is 30.3. The van der Waals surface area contributed by atoms with Crippen molar-refractivity contribution >= 4 is 28.0 Å². The number of hydrogen-bond donors (Lipinski definition) is 1. The smallest absolute Gasteiger partial charge is 0.277 e. The molecule has 0 aromatic carbocycles. The summed E-state index contributed by atoms with van der Waals surface area (Å²) in [6, 6.07) is 4.65. The summed E-state index contributed by atoms with van der Waals surface area (Å²) in [4.78, 5) is 29.2. The third kappa shape index (κ3) is 11.6. The van der Waals surface area contributed by atoms with Crippen molar-refractivity contribution in [1.29, 1.82) is 0 Å². The molecule has 16 heteroatoms. The first-order valence-electron chi connectivity index (χ1n) is 18.9. The number of likely N-dealkylation sites (N-methyl/N-ethyl adjacent to an activating group) is 1. The number of nitrogens with one attached hydrogen (secondary N) is 1. The van der Waals surface area contributed by atoms with Crippen LogP contribution in [0, 0.1) is 0 Å². The Morgan fingerprint density at radius 2 is 1.74 bits per heavy atom. The van der Waals surface area contributed by atoms with Crippen LogP contribution in [0.3, 0.4) is 0 Å². The first kappa shape index (κ1) is 42.9. The molecule has 4 aromatic heterocycles. The van der Waals surface area contributed by atoms with Gasteiger partial charge in [-0.25, -0.2) is 19.6 Å². The maximum Gasteiger partial charge on any atom is 0.277 e. The van der Waals surface area contributed by atoms with Crippen LogP contribution in [0.5, 0.6) is 11.6 Å². The van der Waals surface area contributed by atoms with Crippen molar-refractivity contribution in [2.45, 2.75) is 104 Å². The Kier molecular flexibility index (Phi) is 14.5. The molecule has 1 atom stereocenters. The zero-order chi connectivity index (χ0) is 39.8. The van der Waals surface area contributed by atoms with E-state index in [0.717, 1.165) is 23.7 Å². The minimum absolute atomic E-state index is 0.123. The number of ether oxygens (including phenoxy) is 3.